The van der Waals surface area contributed by atoms with Gasteiger partial charge in [-0.1, -0.05) is 0 Å². The van der Waals surface area contributed by atoms with Gasteiger partial charge in [-0.15, -0.1) is 0 Å². The minimum Gasteiger partial charge on any atom is -0.456 e. The Bertz CT molecular complexity index is 1540. The first-order valence-electron chi connectivity index (χ1n) is 9.08. The van der Waals surface area contributed by atoms with Crippen molar-refractivity contribution in [3.63, 3.8) is 0 Å². The summed E-state index contributed by atoms with van der Waals surface area (Å²) >= 11 is 0. The number of hydrogen-bond acceptors (Lipinski definition) is 6. The fraction of sp³-hybridized carbons (Fsp3) is 0. The lowest BCUT2D eigenvalue weighted by atomic mass is 10.1. The van der Waals surface area contributed by atoms with Gasteiger partial charge in [0.2, 0.25) is 5.42 Å². The summed E-state index contributed by atoms with van der Waals surface area (Å²) in [6.45, 7) is 14.5. The number of furan rings is 2. The Morgan fingerprint density at radius 2 is 1.19 bits per heavy atom. The fourth-order valence-corrected chi connectivity index (χ4v) is 3.11. The predicted octanol–water partition coefficient (Wildman–Crippen LogP) is 3.39. The minimum absolute atomic E-state index is 0.0787. The van der Waals surface area contributed by atoms with E-state index in [0.717, 1.165) is 11.1 Å². The van der Waals surface area contributed by atoms with Crippen LogP contribution >= 0.6 is 0 Å². The van der Waals surface area contributed by atoms with Gasteiger partial charge in [-0.25, -0.2) is 0 Å². The molecule has 4 aromatic rings. The zero-order valence-electron chi connectivity index (χ0n) is 16.3. The normalized spacial score (nSPS) is 10.9. The van der Waals surface area contributed by atoms with Crippen LogP contribution in [0.3, 0.4) is 0 Å². The van der Waals surface area contributed by atoms with Crippen LogP contribution in [-0.2, 0) is 0 Å². The number of aromatic nitrogens is 2. The highest BCUT2D eigenvalue weighted by Gasteiger charge is 2.16. The molecule has 4 rings (SSSR count). The molecule has 0 amide bonds. The lowest BCUT2D eigenvalue weighted by Crippen LogP contribution is -1.98. The molecule has 0 N–H and O–H groups in total. The van der Waals surface area contributed by atoms with Crippen LogP contribution in [0.5, 0.6) is 0 Å². The molecule has 4 heterocycles. The van der Waals surface area contributed by atoms with Crippen LogP contribution in [0.4, 0.5) is 0 Å². The molecule has 0 aromatic carbocycles. The van der Waals surface area contributed by atoms with E-state index >= 15 is 0 Å². The number of pyridine rings is 2. The summed E-state index contributed by atoms with van der Waals surface area (Å²) in [4.78, 5) is 14.5. The molecule has 8 nitrogen and oxygen atoms in total. The molecule has 0 saturated carbocycles. The molecule has 0 aliphatic rings. The Morgan fingerprint density at radius 3 is 1.62 bits per heavy atom. The maximum atomic E-state index is 9.31. The van der Waals surface area contributed by atoms with Crippen LogP contribution in [0, 0.1) is 46.6 Å². The zero-order valence-corrected chi connectivity index (χ0v) is 16.3. The number of nitriles is 2. The molecule has 32 heavy (non-hydrogen) atoms. The van der Waals surface area contributed by atoms with Crippen molar-refractivity contribution in [3.05, 3.63) is 106 Å². The number of nitrogens with zero attached hydrogens (tertiary/aromatic N) is 6. The first kappa shape index (κ1) is 19.9. The van der Waals surface area contributed by atoms with Gasteiger partial charge in [0, 0.05) is 35.9 Å². The first-order chi connectivity index (χ1) is 15.7. The van der Waals surface area contributed by atoms with Gasteiger partial charge < -0.3 is 8.83 Å². The highest BCUT2D eigenvalue weighted by molar-refractivity contribution is 5.73. The molecule has 8 heteroatoms. The summed E-state index contributed by atoms with van der Waals surface area (Å²) in [5, 5.41) is 18.6. The molecule has 148 valence electrons. The molecular formula is C24H10N6O2. The minimum atomic E-state index is -0.231. The number of rotatable bonds is 2. The topological polar surface area (TPSA) is 108 Å². The molecule has 0 spiro atoms. The largest absolute Gasteiger partial charge is 0.562 e. The van der Waals surface area contributed by atoms with Crippen molar-refractivity contribution in [1.82, 2.24) is 9.97 Å². The molecule has 0 bridgehead atoms. The lowest BCUT2D eigenvalue weighted by Gasteiger charge is -1.97. The van der Waals surface area contributed by atoms with Gasteiger partial charge in [0.1, 0.15) is 25.3 Å². The van der Waals surface area contributed by atoms with E-state index in [1.165, 1.54) is 0 Å². The van der Waals surface area contributed by atoms with Gasteiger partial charge in [-0.3, -0.25) is 9.97 Å². The standard InChI is InChI=1S/C24H10N6O2/c1-27-24(28-2)21-12-19(16-5-9-30-10-6-16)23(32-21)22-18(15-3-7-29-8-4-15)11-20(31-22)17(13-25)14-26/h3-12H/b23-22+. The Hall–Kier alpha value is -5.44. The maximum absolute atomic E-state index is 9.31. The van der Waals surface area contributed by atoms with E-state index in [1.807, 2.05) is 12.1 Å². The molecule has 0 saturated heterocycles. The molecule has 0 fully saturated rings. The zero-order chi connectivity index (χ0) is 22.5. The Morgan fingerprint density at radius 1 is 0.750 bits per heavy atom. The highest BCUT2D eigenvalue weighted by atomic mass is 16.4. The van der Waals surface area contributed by atoms with Crippen LogP contribution in [0.15, 0.2) is 70.0 Å². The molecule has 0 atom stereocenters. The van der Waals surface area contributed by atoms with Gasteiger partial charge in [-0.2, -0.15) is 20.2 Å². The summed E-state index contributed by atoms with van der Waals surface area (Å²) in [5.74, 6) is -0.231. The smallest absolute Gasteiger partial charge is 0.456 e. The van der Waals surface area contributed by atoms with Crippen molar-refractivity contribution in [2.24, 2.45) is 0 Å². The summed E-state index contributed by atoms with van der Waals surface area (Å²) < 4.78 is 11.9. The van der Waals surface area contributed by atoms with Crippen molar-refractivity contribution in [1.29, 1.82) is 10.5 Å². The predicted molar refractivity (Wildman–Crippen MR) is 112 cm³/mol. The molecule has 0 aliphatic heterocycles. The molecule has 0 aliphatic carbocycles. The molecule has 4 aromatic heterocycles. The highest BCUT2D eigenvalue weighted by Crippen LogP contribution is 2.25. The third-order valence-electron chi connectivity index (χ3n) is 4.56. The molecule has 0 radical (unpaired) electrons. The summed E-state index contributed by atoms with van der Waals surface area (Å²) in [7, 11) is 0. The summed E-state index contributed by atoms with van der Waals surface area (Å²) in [5.41, 5.74) is 3.05. The quantitative estimate of drug-likeness (QED) is 0.465. The Kier molecular flexibility index (Phi) is 5.28. The van der Waals surface area contributed by atoms with Crippen molar-refractivity contribution < 1.29 is 8.83 Å². The van der Waals surface area contributed by atoms with Crippen molar-refractivity contribution in [2.45, 2.75) is 0 Å². The maximum Gasteiger partial charge on any atom is 0.562 e. The Balaban J connectivity index is 2.30. The van der Waals surface area contributed by atoms with E-state index in [1.54, 1.807) is 61.2 Å². The van der Waals surface area contributed by atoms with Crippen LogP contribution in [0.2, 0.25) is 0 Å². The summed E-state index contributed by atoms with van der Waals surface area (Å²) in [6.07, 6.45) is 6.42. The van der Waals surface area contributed by atoms with Crippen LogP contribution in [0.25, 0.3) is 43.3 Å². The van der Waals surface area contributed by atoms with E-state index < -0.39 is 0 Å². The van der Waals surface area contributed by atoms with Crippen LogP contribution in [0.1, 0.15) is 0 Å². The van der Waals surface area contributed by atoms with Crippen molar-refractivity contribution >= 4 is 11.4 Å². The van der Waals surface area contributed by atoms with Crippen LogP contribution in [-0.4, -0.2) is 9.97 Å². The second-order valence-corrected chi connectivity index (χ2v) is 6.32. The fourth-order valence-electron chi connectivity index (χ4n) is 3.11. The second-order valence-electron chi connectivity index (χ2n) is 6.32. The third kappa shape index (κ3) is 3.48. The molecule has 0 unspecified atom stereocenters. The van der Waals surface area contributed by atoms with Gasteiger partial charge in [0.05, 0.1) is 0 Å². The monoisotopic (exact) mass is 414 g/mol. The van der Waals surface area contributed by atoms with Crippen molar-refractivity contribution in [3.8, 4) is 34.4 Å². The lowest BCUT2D eigenvalue weighted by molar-refractivity contribution is 0.449. The third-order valence-corrected chi connectivity index (χ3v) is 4.56. The van der Waals surface area contributed by atoms with Gasteiger partial charge in [-0.05, 0) is 47.5 Å². The van der Waals surface area contributed by atoms with E-state index in [2.05, 4.69) is 19.7 Å². The second kappa shape index (κ2) is 8.51. The van der Waals surface area contributed by atoms with Gasteiger partial charge in [0.25, 0.3) is 0 Å². The van der Waals surface area contributed by atoms with E-state index in [4.69, 9.17) is 22.0 Å². The number of hydrogen-bond donors (Lipinski definition) is 0. The van der Waals surface area contributed by atoms with Crippen molar-refractivity contribution in [2.75, 3.05) is 0 Å². The first-order valence-corrected chi connectivity index (χ1v) is 9.08. The van der Waals surface area contributed by atoms with E-state index in [9.17, 15) is 10.5 Å². The Labute approximate surface area is 181 Å². The van der Waals surface area contributed by atoms with E-state index in [-0.39, 0.29) is 33.1 Å². The van der Waals surface area contributed by atoms with Gasteiger partial charge in [0.15, 0.2) is 21.8 Å². The van der Waals surface area contributed by atoms with Gasteiger partial charge >= 0.3 is 5.82 Å². The molecular weight excluding hydrogens is 404 g/mol. The summed E-state index contributed by atoms with van der Waals surface area (Å²) in [6, 6.07) is 13.8. The average Bonchev–Trinajstić information content (AvgIpc) is 3.47. The average molecular weight is 414 g/mol. The van der Waals surface area contributed by atoms with Crippen LogP contribution < -0.4 is 10.8 Å². The van der Waals surface area contributed by atoms with E-state index in [0.29, 0.717) is 11.1 Å². The SMILES string of the molecule is [C-]#[N+]C([N+]#[C-])=c1cc(-c2ccncc2)/c(=c2\oc(=C(C#N)C#N)cc2-c2ccncc2)o1.